The van der Waals surface area contributed by atoms with Crippen LogP contribution >= 0.6 is 24.0 Å². The molecule has 1 aromatic rings. The number of aliphatic imine (C=N–C) groups is 1. The SMILES string of the molecule is CCNC(=NCCN1CCOCC1)NCCc1ccc(OC)c(OC)c1OC.I. The highest BCUT2D eigenvalue weighted by Crippen LogP contribution is 2.39. The lowest BCUT2D eigenvalue weighted by molar-refractivity contribution is 0.0394. The van der Waals surface area contributed by atoms with Gasteiger partial charge in [-0.1, -0.05) is 6.07 Å². The molecule has 0 spiro atoms. The molecule has 1 aliphatic heterocycles. The van der Waals surface area contributed by atoms with Crippen molar-refractivity contribution >= 4 is 29.9 Å². The number of hydrogen-bond acceptors (Lipinski definition) is 6. The highest BCUT2D eigenvalue weighted by molar-refractivity contribution is 14.0. The van der Waals surface area contributed by atoms with Crippen LogP contribution in [0.4, 0.5) is 0 Å². The average molecular weight is 522 g/mol. The largest absolute Gasteiger partial charge is 0.493 e. The third-order valence-electron chi connectivity index (χ3n) is 4.61. The summed E-state index contributed by atoms with van der Waals surface area (Å²) >= 11 is 0. The summed E-state index contributed by atoms with van der Waals surface area (Å²) in [7, 11) is 4.88. The minimum atomic E-state index is 0. The van der Waals surface area contributed by atoms with Gasteiger partial charge in [-0.05, 0) is 19.4 Å². The third-order valence-corrected chi connectivity index (χ3v) is 4.61. The Morgan fingerprint density at radius 2 is 1.79 bits per heavy atom. The van der Waals surface area contributed by atoms with Crippen LogP contribution in [0.15, 0.2) is 17.1 Å². The van der Waals surface area contributed by atoms with Gasteiger partial charge in [0.2, 0.25) is 5.75 Å². The molecular formula is C20H35IN4O4. The van der Waals surface area contributed by atoms with Crippen LogP contribution in [0.1, 0.15) is 12.5 Å². The van der Waals surface area contributed by atoms with Gasteiger partial charge in [0.15, 0.2) is 17.5 Å². The highest BCUT2D eigenvalue weighted by atomic mass is 127. The summed E-state index contributed by atoms with van der Waals surface area (Å²) in [5.74, 6) is 2.82. The third kappa shape index (κ3) is 8.06. The van der Waals surface area contributed by atoms with E-state index < -0.39 is 0 Å². The summed E-state index contributed by atoms with van der Waals surface area (Å²) in [4.78, 5) is 7.06. The Kier molecular flexibility index (Phi) is 12.8. The van der Waals surface area contributed by atoms with Gasteiger partial charge in [0.25, 0.3) is 0 Å². The summed E-state index contributed by atoms with van der Waals surface area (Å²) in [6.45, 7) is 8.93. The number of ether oxygens (including phenoxy) is 4. The van der Waals surface area contributed by atoms with E-state index in [1.54, 1.807) is 21.3 Å². The van der Waals surface area contributed by atoms with E-state index >= 15 is 0 Å². The number of nitrogens with zero attached hydrogens (tertiary/aromatic N) is 2. The molecule has 1 aliphatic rings. The Hall–Kier alpha value is -1.46. The van der Waals surface area contributed by atoms with Crippen molar-refractivity contribution in [1.82, 2.24) is 15.5 Å². The molecule has 1 aromatic carbocycles. The van der Waals surface area contributed by atoms with Crippen LogP contribution in [0.2, 0.25) is 0 Å². The molecule has 0 amide bonds. The number of benzene rings is 1. The number of rotatable bonds is 10. The molecule has 29 heavy (non-hydrogen) atoms. The van der Waals surface area contributed by atoms with Crippen molar-refractivity contribution in [3.8, 4) is 17.2 Å². The lowest BCUT2D eigenvalue weighted by Gasteiger charge is -2.25. The van der Waals surface area contributed by atoms with Crippen molar-refractivity contribution in [1.29, 1.82) is 0 Å². The Bertz CT molecular complexity index is 625. The fourth-order valence-corrected chi connectivity index (χ4v) is 3.15. The van der Waals surface area contributed by atoms with Crippen LogP contribution in [0.25, 0.3) is 0 Å². The van der Waals surface area contributed by atoms with E-state index in [2.05, 4.69) is 27.4 Å². The smallest absolute Gasteiger partial charge is 0.203 e. The molecule has 0 aromatic heterocycles. The van der Waals surface area contributed by atoms with Crippen LogP contribution in [-0.2, 0) is 11.2 Å². The summed E-state index contributed by atoms with van der Waals surface area (Å²) < 4.78 is 21.7. The fraction of sp³-hybridized carbons (Fsp3) is 0.650. The van der Waals surface area contributed by atoms with Gasteiger partial charge in [-0.15, -0.1) is 24.0 Å². The second-order valence-electron chi connectivity index (χ2n) is 6.38. The predicted molar refractivity (Wildman–Crippen MR) is 126 cm³/mol. The highest BCUT2D eigenvalue weighted by Gasteiger charge is 2.15. The first-order valence-corrected chi connectivity index (χ1v) is 9.83. The monoisotopic (exact) mass is 522 g/mol. The second kappa shape index (κ2) is 14.5. The molecule has 2 N–H and O–H groups in total. The minimum Gasteiger partial charge on any atom is -0.493 e. The summed E-state index contributed by atoms with van der Waals surface area (Å²) in [5.41, 5.74) is 1.05. The zero-order valence-corrected chi connectivity index (χ0v) is 20.3. The zero-order valence-electron chi connectivity index (χ0n) is 18.0. The molecule has 0 saturated carbocycles. The number of halogens is 1. The van der Waals surface area contributed by atoms with Crippen molar-refractivity contribution in [3.63, 3.8) is 0 Å². The van der Waals surface area contributed by atoms with Gasteiger partial charge in [-0.3, -0.25) is 9.89 Å². The van der Waals surface area contributed by atoms with E-state index in [1.807, 2.05) is 12.1 Å². The van der Waals surface area contributed by atoms with Crippen molar-refractivity contribution in [2.45, 2.75) is 13.3 Å². The molecule has 2 rings (SSSR count). The number of guanidine groups is 1. The van der Waals surface area contributed by atoms with Gasteiger partial charge >= 0.3 is 0 Å². The summed E-state index contributed by atoms with van der Waals surface area (Å²) in [6, 6.07) is 3.91. The Labute approximate surface area is 191 Å². The van der Waals surface area contributed by atoms with Gasteiger partial charge in [0.1, 0.15) is 0 Å². The molecule has 8 nitrogen and oxygen atoms in total. The molecule has 1 fully saturated rings. The van der Waals surface area contributed by atoms with Crippen molar-refractivity contribution in [2.24, 2.45) is 4.99 Å². The first-order valence-electron chi connectivity index (χ1n) is 9.83. The lowest BCUT2D eigenvalue weighted by Crippen LogP contribution is -2.40. The number of methoxy groups -OCH3 is 3. The van der Waals surface area contributed by atoms with E-state index in [0.717, 1.165) is 70.4 Å². The molecule has 0 atom stereocenters. The van der Waals surface area contributed by atoms with E-state index in [0.29, 0.717) is 17.2 Å². The first kappa shape index (κ1) is 25.6. The van der Waals surface area contributed by atoms with Gasteiger partial charge in [-0.25, -0.2) is 0 Å². The normalized spacial score (nSPS) is 14.7. The molecule has 0 radical (unpaired) electrons. The molecule has 0 unspecified atom stereocenters. The van der Waals surface area contributed by atoms with Gasteiger partial charge in [-0.2, -0.15) is 0 Å². The fourth-order valence-electron chi connectivity index (χ4n) is 3.15. The van der Waals surface area contributed by atoms with Crippen LogP contribution in [0.3, 0.4) is 0 Å². The first-order chi connectivity index (χ1) is 13.7. The molecular weight excluding hydrogens is 487 g/mol. The predicted octanol–water partition coefficient (Wildman–Crippen LogP) is 1.76. The Balaban J connectivity index is 0.00000420. The maximum absolute atomic E-state index is 5.55. The van der Waals surface area contributed by atoms with Gasteiger partial charge in [0.05, 0.1) is 41.1 Å². The van der Waals surface area contributed by atoms with Gasteiger partial charge in [0, 0.05) is 38.3 Å². The van der Waals surface area contributed by atoms with Crippen LogP contribution in [0, 0.1) is 0 Å². The van der Waals surface area contributed by atoms with E-state index in [9.17, 15) is 0 Å². The van der Waals surface area contributed by atoms with Crippen molar-refractivity contribution < 1.29 is 18.9 Å². The molecule has 9 heteroatoms. The molecule has 1 saturated heterocycles. The van der Waals surface area contributed by atoms with E-state index in [1.165, 1.54) is 0 Å². The molecule has 0 aliphatic carbocycles. The van der Waals surface area contributed by atoms with Crippen LogP contribution in [0.5, 0.6) is 17.2 Å². The van der Waals surface area contributed by atoms with E-state index in [4.69, 9.17) is 18.9 Å². The molecule has 1 heterocycles. The van der Waals surface area contributed by atoms with E-state index in [-0.39, 0.29) is 24.0 Å². The summed E-state index contributed by atoms with van der Waals surface area (Å²) in [6.07, 6.45) is 0.775. The van der Waals surface area contributed by atoms with Crippen molar-refractivity contribution in [3.05, 3.63) is 17.7 Å². The Morgan fingerprint density at radius 1 is 1.07 bits per heavy atom. The standard InChI is InChI=1S/C20H34N4O4.HI/c1-5-21-20(23-10-11-24-12-14-28-15-13-24)22-9-8-16-6-7-17(25-2)19(27-4)18(16)26-3;/h6-7H,5,8-15H2,1-4H3,(H2,21,22,23);1H. The van der Waals surface area contributed by atoms with Crippen LogP contribution < -0.4 is 24.8 Å². The topological polar surface area (TPSA) is 76.6 Å². The van der Waals surface area contributed by atoms with Gasteiger partial charge < -0.3 is 29.6 Å². The number of morpholine rings is 1. The maximum Gasteiger partial charge on any atom is 0.203 e. The average Bonchev–Trinajstić information content (AvgIpc) is 2.73. The molecule has 166 valence electrons. The molecule has 0 bridgehead atoms. The zero-order chi connectivity index (χ0) is 20.2. The van der Waals surface area contributed by atoms with Crippen molar-refractivity contribution in [2.75, 3.05) is 73.8 Å². The lowest BCUT2D eigenvalue weighted by atomic mass is 10.1. The maximum atomic E-state index is 5.55. The quantitative estimate of drug-likeness (QED) is 0.276. The number of hydrogen-bond donors (Lipinski definition) is 2. The second-order valence-corrected chi connectivity index (χ2v) is 6.38. The van der Waals surface area contributed by atoms with Crippen LogP contribution in [-0.4, -0.2) is 84.7 Å². The summed E-state index contributed by atoms with van der Waals surface area (Å²) in [5, 5.41) is 6.69. The Morgan fingerprint density at radius 3 is 2.41 bits per heavy atom. The number of nitrogens with one attached hydrogen (secondary N) is 2. The minimum absolute atomic E-state index is 0.